The summed E-state index contributed by atoms with van der Waals surface area (Å²) in [6, 6.07) is 18.2. The number of carbonyl (C=O) groups excluding carboxylic acids is 1. The number of methoxy groups -OCH3 is 1. The maximum Gasteiger partial charge on any atom is 0.319 e. The maximum atomic E-state index is 12.7. The van der Waals surface area contributed by atoms with Crippen LogP contribution < -0.4 is 15.4 Å². The highest BCUT2D eigenvalue weighted by molar-refractivity contribution is 6.07. The summed E-state index contributed by atoms with van der Waals surface area (Å²) in [6.45, 7) is 0. The van der Waals surface area contributed by atoms with Gasteiger partial charge >= 0.3 is 6.03 Å². The Labute approximate surface area is 167 Å². The molecule has 29 heavy (non-hydrogen) atoms. The van der Waals surface area contributed by atoms with Crippen LogP contribution in [-0.4, -0.2) is 24.4 Å². The molecule has 1 aliphatic rings. The Morgan fingerprint density at radius 3 is 2.72 bits per heavy atom. The van der Waals surface area contributed by atoms with Crippen molar-refractivity contribution in [1.29, 1.82) is 0 Å². The summed E-state index contributed by atoms with van der Waals surface area (Å²) in [5.41, 5.74) is 3.92. The minimum atomic E-state index is -0.655. The number of aliphatic hydroxyl groups excluding tert-OH is 1. The van der Waals surface area contributed by atoms with Gasteiger partial charge in [0.25, 0.3) is 0 Å². The molecule has 0 fully saturated rings. The molecule has 2 amide bonds. The second kappa shape index (κ2) is 6.83. The standard InChI is InChI=1S/C23H20N2O4/c1-28-21-11-16-15-8-4-5-9-19(15)29-20(16)12-17(21)24-23(27)25-22-14-7-3-2-6-13(14)10-18(22)26/h2-9,11-12,18,22,26H,10H2,1H3,(H2,24,25,27)/t18-,22+/m0/s1. The quantitative estimate of drug-likeness (QED) is 0.486. The number of fused-ring (bicyclic) bond motifs is 4. The summed E-state index contributed by atoms with van der Waals surface area (Å²) >= 11 is 0. The zero-order valence-electron chi connectivity index (χ0n) is 15.8. The van der Waals surface area contributed by atoms with Gasteiger partial charge in [0.15, 0.2) is 0 Å². The van der Waals surface area contributed by atoms with Gasteiger partial charge in [0.2, 0.25) is 0 Å². The molecule has 0 spiro atoms. The molecule has 0 bridgehead atoms. The lowest BCUT2D eigenvalue weighted by Crippen LogP contribution is -2.36. The van der Waals surface area contributed by atoms with Crippen molar-refractivity contribution in [1.82, 2.24) is 5.32 Å². The van der Waals surface area contributed by atoms with E-state index in [9.17, 15) is 9.90 Å². The van der Waals surface area contributed by atoms with Gasteiger partial charge in [0.05, 0.1) is 24.9 Å². The minimum Gasteiger partial charge on any atom is -0.495 e. The van der Waals surface area contributed by atoms with E-state index < -0.39 is 18.2 Å². The van der Waals surface area contributed by atoms with Crippen LogP contribution in [0.4, 0.5) is 10.5 Å². The smallest absolute Gasteiger partial charge is 0.319 e. The summed E-state index contributed by atoms with van der Waals surface area (Å²) in [5, 5.41) is 18.0. The van der Waals surface area contributed by atoms with Crippen molar-refractivity contribution in [3.05, 3.63) is 71.8 Å². The summed E-state index contributed by atoms with van der Waals surface area (Å²) in [7, 11) is 1.56. The third-order valence-electron chi connectivity index (χ3n) is 5.44. The van der Waals surface area contributed by atoms with Crippen LogP contribution in [0.15, 0.2) is 65.1 Å². The van der Waals surface area contributed by atoms with E-state index in [0.29, 0.717) is 23.4 Å². The molecule has 5 rings (SSSR count). The molecule has 0 radical (unpaired) electrons. The van der Waals surface area contributed by atoms with Crippen molar-refractivity contribution in [3.8, 4) is 5.75 Å². The van der Waals surface area contributed by atoms with Gasteiger partial charge in [-0.3, -0.25) is 0 Å². The number of anilines is 1. The Morgan fingerprint density at radius 1 is 1.07 bits per heavy atom. The number of amides is 2. The molecule has 0 saturated carbocycles. The molecular weight excluding hydrogens is 368 g/mol. The number of hydrogen-bond donors (Lipinski definition) is 3. The lowest BCUT2D eigenvalue weighted by molar-refractivity contribution is 0.144. The van der Waals surface area contributed by atoms with E-state index in [-0.39, 0.29) is 0 Å². The number of carbonyl (C=O) groups is 1. The number of aliphatic hydroxyl groups is 1. The van der Waals surface area contributed by atoms with Crippen LogP contribution in [0, 0.1) is 0 Å². The highest BCUT2D eigenvalue weighted by Crippen LogP contribution is 2.36. The molecule has 6 nitrogen and oxygen atoms in total. The lowest BCUT2D eigenvalue weighted by Gasteiger charge is -2.19. The number of rotatable bonds is 3. The number of furan rings is 1. The van der Waals surface area contributed by atoms with Crippen LogP contribution in [0.1, 0.15) is 17.2 Å². The first-order valence-electron chi connectivity index (χ1n) is 9.46. The average molecular weight is 388 g/mol. The molecule has 0 saturated heterocycles. The van der Waals surface area contributed by atoms with E-state index in [1.54, 1.807) is 13.2 Å². The predicted octanol–water partition coefficient (Wildman–Crippen LogP) is 4.37. The third-order valence-corrected chi connectivity index (χ3v) is 5.44. The predicted molar refractivity (Wildman–Crippen MR) is 111 cm³/mol. The number of ether oxygens (including phenoxy) is 1. The second-order valence-corrected chi connectivity index (χ2v) is 7.19. The molecule has 4 aromatic rings. The number of hydrogen-bond acceptors (Lipinski definition) is 4. The highest BCUT2D eigenvalue weighted by Gasteiger charge is 2.32. The molecule has 1 heterocycles. The summed E-state index contributed by atoms with van der Waals surface area (Å²) in [4.78, 5) is 12.7. The van der Waals surface area contributed by atoms with E-state index in [1.807, 2.05) is 54.6 Å². The van der Waals surface area contributed by atoms with Gasteiger partial charge in [0.1, 0.15) is 16.9 Å². The Hall–Kier alpha value is -3.51. The van der Waals surface area contributed by atoms with Crippen molar-refractivity contribution in [3.63, 3.8) is 0 Å². The van der Waals surface area contributed by atoms with Crippen molar-refractivity contribution >= 4 is 33.7 Å². The van der Waals surface area contributed by atoms with Crippen LogP contribution in [0.5, 0.6) is 5.75 Å². The fourth-order valence-electron chi connectivity index (χ4n) is 4.07. The van der Waals surface area contributed by atoms with Crippen molar-refractivity contribution in [2.24, 2.45) is 0 Å². The van der Waals surface area contributed by atoms with Crippen LogP contribution >= 0.6 is 0 Å². The number of urea groups is 1. The normalized spacial score (nSPS) is 18.0. The lowest BCUT2D eigenvalue weighted by atomic mass is 10.1. The number of para-hydroxylation sites is 1. The zero-order valence-corrected chi connectivity index (χ0v) is 15.8. The first-order valence-corrected chi connectivity index (χ1v) is 9.46. The van der Waals surface area contributed by atoms with Crippen LogP contribution in [0.2, 0.25) is 0 Å². The van der Waals surface area contributed by atoms with Gasteiger partial charge in [-0.2, -0.15) is 0 Å². The molecule has 1 aromatic heterocycles. The third kappa shape index (κ3) is 2.98. The fourth-order valence-corrected chi connectivity index (χ4v) is 4.07. The first kappa shape index (κ1) is 17.6. The van der Waals surface area contributed by atoms with Crippen LogP contribution in [-0.2, 0) is 6.42 Å². The van der Waals surface area contributed by atoms with E-state index in [0.717, 1.165) is 27.5 Å². The SMILES string of the molecule is COc1cc2c(cc1NC(=O)N[C@@H]1c3ccccc3C[C@@H]1O)oc1ccccc12. The van der Waals surface area contributed by atoms with Crippen molar-refractivity contribution in [2.75, 3.05) is 12.4 Å². The van der Waals surface area contributed by atoms with Gasteiger partial charge in [-0.25, -0.2) is 4.79 Å². The summed E-state index contributed by atoms with van der Waals surface area (Å²) < 4.78 is 11.4. The Bertz CT molecular complexity index is 1230. The van der Waals surface area contributed by atoms with Crippen molar-refractivity contribution < 1.29 is 19.1 Å². The molecule has 6 heteroatoms. The molecule has 1 aliphatic carbocycles. The molecule has 3 aromatic carbocycles. The van der Waals surface area contributed by atoms with Crippen LogP contribution in [0.25, 0.3) is 21.9 Å². The zero-order chi connectivity index (χ0) is 20.0. The fraction of sp³-hybridized carbons (Fsp3) is 0.174. The van der Waals surface area contributed by atoms with Gasteiger partial charge in [-0.15, -0.1) is 0 Å². The van der Waals surface area contributed by atoms with Gasteiger partial charge in [-0.1, -0.05) is 42.5 Å². The molecule has 2 atom stereocenters. The molecular formula is C23H20N2O4. The summed E-state index contributed by atoms with van der Waals surface area (Å²) in [6.07, 6.45) is -0.132. The highest BCUT2D eigenvalue weighted by atomic mass is 16.5. The number of benzene rings is 3. The van der Waals surface area contributed by atoms with E-state index in [1.165, 1.54) is 0 Å². The maximum absolute atomic E-state index is 12.7. The van der Waals surface area contributed by atoms with E-state index in [2.05, 4.69) is 10.6 Å². The molecule has 146 valence electrons. The first-order chi connectivity index (χ1) is 14.1. The minimum absolute atomic E-state index is 0.417. The molecule has 3 N–H and O–H groups in total. The van der Waals surface area contributed by atoms with Gasteiger partial charge in [-0.05, 0) is 23.3 Å². The Balaban J connectivity index is 1.44. The second-order valence-electron chi connectivity index (χ2n) is 7.19. The molecule has 0 aliphatic heterocycles. The number of nitrogens with one attached hydrogen (secondary N) is 2. The average Bonchev–Trinajstić information content (AvgIpc) is 3.24. The summed E-state index contributed by atoms with van der Waals surface area (Å²) in [5.74, 6) is 0.534. The monoisotopic (exact) mass is 388 g/mol. The van der Waals surface area contributed by atoms with Gasteiger partial charge < -0.3 is 24.9 Å². The van der Waals surface area contributed by atoms with Gasteiger partial charge in [0, 0.05) is 23.3 Å². The molecule has 0 unspecified atom stereocenters. The Morgan fingerprint density at radius 2 is 1.86 bits per heavy atom. The topological polar surface area (TPSA) is 83.7 Å². The van der Waals surface area contributed by atoms with E-state index >= 15 is 0 Å². The largest absolute Gasteiger partial charge is 0.495 e. The Kier molecular flexibility index (Phi) is 4.14. The van der Waals surface area contributed by atoms with Crippen LogP contribution in [0.3, 0.4) is 0 Å². The van der Waals surface area contributed by atoms with E-state index in [4.69, 9.17) is 9.15 Å². The van der Waals surface area contributed by atoms with Crippen molar-refractivity contribution in [2.45, 2.75) is 18.6 Å².